The first-order valence-corrected chi connectivity index (χ1v) is 12.9. The van der Waals surface area contributed by atoms with Crippen LogP contribution in [0.4, 0.5) is 4.39 Å². The molecule has 1 aliphatic rings. The molecule has 0 unspecified atom stereocenters. The van der Waals surface area contributed by atoms with Crippen molar-refractivity contribution in [3.05, 3.63) is 86.7 Å². The highest BCUT2D eigenvalue weighted by atomic mass is 19.1. The number of fused-ring (bicyclic) bond motifs is 1. The van der Waals surface area contributed by atoms with E-state index in [0.717, 1.165) is 53.5 Å². The van der Waals surface area contributed by atoms with E-state index in [2.05, 4.69) is 51.4 Å². The van der Waals surface area contributed by atoms with Gasteiger partial charge in [-0.1, -0.05) is 30.7 Å². The van der Waals surface area contributed by atoms with E-state index in [4.69, 9.17) is 4.74 Å². The van der Waals surface area contributed by atoms with Crippen LogP contribution in [-0.2, 0) is 17.8 Å². The molecule has 1 fully saturated rings. The van der Waals surface area contributed by atoms with Crippen molar-refractivity contribution in [2.24, 2.45) is 0 Å². The summed E-state index contributed by atoms with van der Waals surface area (Å²) in [7, 11) is 0. The molecule has 2 aromatic carbocycles. The van der Waals surface area contributed by atoms with Crippen LogP contribution < -0.4 is 5.56 Å². The molecule has 0 amide bonds. The number of aromatic amines is 1. The summed E-state index contributed by atoms with van der Waals surface area (Å²) in [5, 5.41) is 13.6. The molecule has 1 aliphatic heterocycles. The average Bonchev–Trinajstić information content (AvgIpc) is 3.55. The fraction of sp³-hybridized carbons (Fsp3) is 0.429. The van der Waals surface area contributed by atoms with Gasteiger partial charge in [-0.05, 0) is 84.3 Å². The molecule has 0 spiro atoms. The molecule has 0 aliphatic carbocycles. The number of hydrogen-bond acceptors (Lipinski definition) is 6. The number of aromatic nitrogens is 5. The second-order valence-electron chi connectivity index (χ2n) is 9.98. The van der Waals surface area contributed by atoms with Gasteiger partial charge in [-0.15, -0.1) is 5.10 Å². The van der Waals surface area contributed by atoms with Gasteiger partial charge < -0.3 is 9.72 Å². The van der Waals surface area contributed by atoms with Crippen LogP contribution in [0.25, 0.3) is 10.9 Å². The van der Waals surface area contributed by atoms with Crippen LogP contribution in [0.2, 0.25) is 0 Å². The Labute approximate surface area is 215 Å². The van der Waals surface area contributed by atoms with E-state index in [0.29, 0.717) is 31.0 Å². The summed E-state index contributed by atoms with van der Waals surface area (Å²) in [6.45, 7) is 8.49. The van der Waals surface area contributed by atoms with Gasteiger partial charge in [0.15, 0.2) is 5.82 Å². The Morgan fingerprint density at radius 3 is 2.76 bits per heavy atom. The normalized spacial score (nSPS) is 16.6. The molecule has 0 radical (unpaired) electrons. The second-order valence-corrected chi connectivity index (χ2v) is 9.98. The highest BCUT2D eigenvalue weighted by molar-refractivity contribution is 5.82. The van der Waals surface area contributed by atoms with Gasteiger partial charge in [0.1, 0.15) is 5.82 Å². The third-order valence-corrected chi connectivity index (χ3v) is 7.14. The van der Waals surface area contributed by atoms with Gasteiger partial charge in [-0.25, -0.2) is 9.07 Å². The van der Waals surface area contributed by atoms with Crippen molar-refractivity contribution in [2.45, 2.75) is 65.3 Å². The van der Waals surface area contributed by atoms with E-state index < -0.39 is 0 Å². The number of pyridine rings is 1. The lowest BCUT2D eigenvalue weighted by molar-refractivity contribution is 0.0489. The fourth-order valence-electron chi connectivity index (χ4n) is 5.35. The third-order valence-electron chi connectivity index (χ3n) is 7.14. The van der Waals surface area contributed by atoms with Crippen molar-refractivity contribution in [1.29, 1.82) is 0 Å². The predicted octanol–water partition coefficient (Wildman–Crippen LogP) is 4.45. The van der Waals surface area contributed by atoms with Crippen molar-refractivity contribution < 1.29 is 9.13 Å². The Hall–Kier alpha value is -3.43. The number of rotatable bonds is 9. The molecule has 2 atom stereocenters. The molecule has 37 heavy (non-hydrogen) atoms. The van der Waals surface area contributed by atoms with Crippen LogP contribution in [0.3, 0.4) is 0 Å². The van der Waals surface area contributed by atoms with Gasteiger partial charge in [0.05, 0.1) is 24.2 Å². The van der Waals surface area contributed by atoms with E-state index in [1.54, 1.807) is 16.8 Å². The minimum atomic E-state index is -0.277. The Morgan fingerprint density at radius 2 is 2.03 bits per heavy atom. The molecule has 5 rings (SSSR count). The van der Waals surface area contributed by atoms with Crippen LogP contribution in [0.1, 0.15) is 60.3 Å². The summed E-state index contributed by atoms with van der Waals surface area (Å²) in [6, 6.07) is 12.4. The largest absolute Gasteiger partial charge is 0.377 e. The lowest BCUT2D eigenvalue weighted by Crippen LogP contribution is -2.37. The lowest BCUT2D eigenvalue weighted by atomic mass is 10.0. The Bertz CT molecular complexity index is 1430. The average molecular weight is 505 g/mol. The first kappa shape index (κ1) is 25.2. The topological polar surface area (TPSA) is 88.9 Å². The molecule has 4 aromatic rings. The predicted molar refractivity (Wildman–Crippen MR) is 140 cm³/mol. The van der Waals surface area contributed by atoms with Gasteiger partial charge >= 0.3 is 0 Å². The summed E-state index contributed by atoms with van der Waals surface area (Å²) < 4.78 is 21.2. The molecule has 2 aromatic heterocycles. The van der Waals surface area contributed by atoms with E-state index in [9.17, 15) is 9.18 Å². The molecule has 1 saturated heterocycles. The summed E-state index contributed by atoms with van der Waals surface area (Å²) in [4.78, 5) is 18.6. The smallest absolute Gasteiger partial charge is 0.252 e. The molecule has 194 valence electrons. The van der Waals surface area contributed by atoms with Gasteiger partial charge in [0.25, 0.3) is 5.56 Å². The summed E-state index contributed by atoms with van der Waals surface area (Å²) >= 11 is 0. The summed E-state index contributed by atoms with van der Waals surface area (Å²) in [5.74, 6) is 0.439. The maximum atomic E-state index is 13.4. The van der Waals surface area contributed by atoms with E-state index in [1.165, 1.54) is 12.1 Å². The van der Waals surface area contributed by atoms with Crippen molar-refractivity contribution in [1.82, 2.24) is 30.1 Å². The maximum Gasteiger partial charge on any atom is 0.252 e. The number of nitrogens with zero attached hydrogens (tertiary/aromatic N) is 5. The van der Waals surface area contributed by atoms with Gasteiger partial charge in [0.2, 0.25) is 0 Å². The number of H-pyrrole nitrogens is 1. The van der Waals surface area contributed by atoms with Crippen LogP contribution >= 0.6 is 0 Å². The number of aryl methyl sites for hydroxylation is 2. The Kier molecular flexibility index (Phi) is 7.43. The lowest BCUT2D eigenvalue weighted by Gasteiger charge is -2.32. The number of ether oxygens (including phenoxy) is 1. The van der Waals surface area contributed by atoms with Crippen molar-refractivity contribution in [3.63, 3.8) is 0 Å². The molecule has 8 nitrogen and oxygen atoms in total. The fourth-order valence-corrected chi connectivity index (χ4v) is 5.35. The molecule has 9 heteroatoms. The van der Waals surface area contributed by atoms with Crippen LogP contribution in [0.15, 0.2) is 47.3 Å². The minimum Gasteiger partial charge on any atom is -0.377 e. The maximum absolute atomic E-state index is 13.4. The van der Waals surface area contributed by atoms with Crippen molar-refractivity contribution >= 4 is 10.9 Å². The van der Waals surface area contributed by atoms with E-state index >= 15 is 0 Å². The van der Waals surface area contributed by atoms with E-state index in [-0.39, 0.29) is 23.5 Å². The first-order valence-electron chi connectivity index (χ1n) is 12.9. The Balaban J connectivity index is 1.49. The molecular weight excluding hydrogens is 471 g/mol. The molecule has 0 bridgehead atoms. The SMILES string of the molecule is CC[C@@H](c1nnnn1Cc1ccc(F)cc1)N(Cc1cc2cc(C)cc(C)c2[nH]c1=O)C[C@@H]1CCCO1. The number of hydrogen-bond donors (Lipinski definition) is 1. The summed E-state index contributed by atoms with van der Waals surface area (Å²) in [6.07, 6.45) is 2.87. The monoisotopic (exact) mass is 504 g/mol. The standard InChI is InChI=1S/C28H33FN6O2/c1-4-25(27-31-32-33-35(27)15-20-7-9-23(29)10-8-20)34(17-24-6-5-11-37-24)16-22-14-21-13-18(2)12-19(3)26(21)30-28(22)36/h7-10,12-14,24-25H,4-6,11,15-17H2,1-3H3,(H,30,36)/t24-,25-/m0/s1. The zero-order valence-electron chi connectivity index (χ0n) is 21.6. The zero-order valence-corrected chi connectivity index (χ0v) is 21.6. The van der Waals surface area contributed by atoms with Crippen molar-refractivity contribution in [2.75, 3.05) is 13.2 Å². The van der Waals surface area contributed by atoms with E-state index in [1.807, 2.05) is 13.0 Å². The molecule has 1 N–H and O–H groups in total. The molecular formula is C28H33FN6O2. The Morgan fingerprint density at radius 1 is 1.22 bits per heavy atom. The highest BCUT2D eigenvalue weighted by Crippen LogP contribution is 2.27. The molecule has 3 heterocycles. The minimum absolute atomic E-state index is 0.0856. The highest BCUT2D eigenvalue weighted by Gasteiger charge is 2.29. The van der Waals surface area contributed by atoms with Gasteiger partial charge in [0, 0.05) is 25.3 Å². The van der Waals surface area contributed by atoms with Crippen LogP contribution in [-0.4, -0.2) is 49.3 Å². The van der Waals surface area contributed by atoms with Crippen molar-refractivity contribution in [3.8, 4) is 0 Å². The first-order chi connectivity index (χ1) is 17.9. The summed E-state index contributed by atoms with van der Waals surface area (Å²) in [5.41, 5.74) is 4.61. The second kappa shape index (κ2) is 10.9. The number of nitrogens with one attached hydrogen (secondary N) is 1. The van der Waals surface area contributed by atoms with Gasteiger partial charge in [-0.3, -0.25) is 9.69 Å². The number of tetrazole rings is 1. The van der Waals surface area contributed by atoms with Crippen LogP contribution in [0, 0.1) is 19.7 Å². The molecule has 0 saturated carbocycles. The van der Waals surface area contributed by atoms with Gasteiger partial charge in [-0.2, -0.15) is 0 Å². The number of benzene rings is 2. The quantitative estimate of drug-likeness (QED) is 0.362. The zero-order chi connectivity index (χ0) is 25.9. The van der Waals surface area contributed by atoms with Crippen LogP contribution in [0.5, 0.6) is 0 Å². The number of halogens is 1. The third kappa shape index (κ3) is 5.62.